The van der Waals surface area contributed by atoms with Crippen LogP contribution in [0.3, 0.4) is 0 Å². The van der Waals surface area contributed by atoms with Crippen LogP contribution in [0.25, 0.3) is 6.08 Å². The van der Waals surface area contributed by atoms with E-state index in [-0.39, 0.29) is 36.6 Å². The monoisotopic (exact) mass is 508 g/mol. The van der Waals surface area contributed by atoms with E-state index < -0.39 is 52.7 Å². The molecule has 0 aromatic heterocycles. The first-order chi connectivity index (χ1) is 17.5. The Morgan fingerprint density at radius 3 is 2.68 bits per heavy atom. The first-order valence-electron chi connectivity index (χ1n) is 12.9. The van der Waals surface area contributed by atoms with Crippen molar-refractivity contribution < 1.29 is 38.8 Å². The van der Waals surface area contributed by atoms with E-state index in [1.807, 2.05) is 51.1 Å². The summed E-state index contributed by atoms with van der Waals surface area (Å²) >= 11 is 0. The maximum absolute atomic E-state index is 13.5. The molecule has 2 aliphatic heterocycles. The van der Waals surface area contributed by atoms with Crippen molar-refractivity contribution in [1.82, 2.24) is 0 Å². The van der Waals surface area contributed by atoms with Crippen LogP contribution in [0.4, 0.5) is 0 Å². The van der Waals surface area contributed by atoms with Gasteiger partial charge in [-0.1, -0.05) is 49.8 Å². The fourth-order valence-corrected chi connectivity index (χ4v) is 8.59. The Morgan fingerprint density at radius 2 is 1.95 bits per heavy atom. The van der Waals surface area contributed by atoms with Crippen LogP contribution in [0.15, 0.2) is 48.1 Å². The third kappa shape index (κ3) is 3.15. The van der Waals surface area contributed by atoms with Crippen molar-refractivity contribution in [1.29, 1.82) is 0 Å². The number of hydrogen-bond acceptors (Lipinski definition) is 8. The summed E-state index contributed by atoms with van der Waals surface area (Å²) in [5.41, 5.74) is -0.333. The van der Waals surface area contributed by atoms with Gasteiger partial charge in [0.15, 0.2) is 17.7 Å². The van der Waals surface area contributed by atoms with Gasteiger partial charge < -0.3 is 24.4 Å². The molecule has 0 radical (unpaired) electrons. The van der Waals surface area contributed by atoms with E-state index in [2.05, 4.69) is 0 Å². The van der Waals surface area contributed by atoms with Crippen LogP contribution in [0.5, 0.6) is 0 Å². The largest absolute Gasteiger partial charge is 0.462 e. The van der Waals surface area contributed by atoms with Crippen LogP contribution in [-0.2, 0) is 28.6 Å². The summed E-state index contributed by atoms with van der Waals surface area (Å²) in [6.07, 6.45) is 1.88. The highest BCUT2D eigenvalue weighted by atomic mass is 16.6. The van der Waals surface area contributed by atoms with Gasteiger partial charge in [0.1, 0.15) is 12.2 Å². The third-order valence-corrected chi connectivity index (χ3v) is 10.0. The number of aliphatic hydroxyl groups excluding tert-OH is 1. The quantitative estimate of drug-likeness (QED) is 0.472. The van der Waals surface area contributed by atoms with Gasteiger partial charge in [-0.2, -0.15) is 0 Å². The number of rotatable bonds is 3. The van der Waals surface area contributed by atoms with E-state index in [9.17, 15) is 24.6 Å². The fourth-order valence-electron chi connectivity index (χ4n) is 8.59. The predicted octanol–water partition coefficient (Wildman–Crippen LogP) is 2.43. The van der Waals surface area contributed by atoms with E-state index in [0.717, 1.165) is 11.1 Å². The van der Waals surface area contributed by atoms with Crippen molar-refractivity contribution in [3.05, 3.63) is 53.6 Å². The number of ketones is 1. The molecule has 2 N–H and O–H groups in total. The minimum atomic E-state index is -1.98. The molecule has 1 aromatic carbocycles. The van der Waals surface area contributed by atoms with Crippen molar-refractivity contribution >= 4 is 23.8 Å². The Morgan fingerprint density at radius 1 is 1.22 bits per heavy atom. The second-order valence-electron chi connectivity index (χ2n) is 11.7. The molecule has 2 bridgehead atoms. The lowest BCUT2D eigenvalue weighted by molar-refractivity contribution is -0.332. The van der Waals surface area contributed by atoms with Crippen LogP contribution < -0.4 is 0 Å². The number of carbonyl (C=O) groups is 3. The topological polar surface area (TPSA) is 119 Å². The number of hydrogen-bond donors (Lipinski definition) is 2. The molecule has 2 saturated heterocycles. The molecule has 5 aliphatic rings. The fraction of sp³-hybridized carbons (Fsp3) is 0.552. The lowest BCUT2D eigenvalue weighted by Gasteiger charge is -2.67. The first kappa shape index (κ1) is 24.5. The van der Waals surface area contributed by atoms with Crippen molar-refractivity contribution in [2.45, 2.75) is 57.7 Å². The zero-order valence-electron chi connectivity index (χ0n) is 21.1. The van der Waals surface area contributed by atoms with Crippen molar-refractivity contribution in [3.63, 3.8) is 0 Å². The second-order valence-corrected chi connectivity index (χ2v) is 11.7. The highest BCUT2D eigenvalue weighted by Gasteiger charge is 2.82. The highest BCUT2D eigenvalue weighted by molar-refractivity contribution is 5.99. The molecule has 196 valence electrons. The molecule has 8 heteroatoms. The summed E-state index contributed by atoms with van der Waals surface area (Å²) in [5, 5.41) is 23.3. The van der Waals surface area contributed by atoms with Crippen molar-refractivity contribution in [2.75, 3.05) is 6.61 Å². The molecule has 2 saturated carbocycles. The third-order valence-electron chi connectivity index (χ3n) is 10.0. The number of allylic oxidation sites excluding steroid dienone is 1. The molecule has 2 heterocycles. The van der Waals surface area contributed by atoms with Crippen LogP contribution >= 0.6 is 0 Å². The van der Waals surface area contributed by atoms with Gasteiger partial charge in [0.05, 0.1) is 6.61 Å². The molecule has 0 amide bonds. The van der Waals surface area contributed by atoms with Gasteiger partial charge in [0.25, 0.3) is 0 Å². The minimum Gasteiger partial charge on any atom is -0.462 e. The smallest absolute Gasteiger partial charge is 0.331 e. The summed E-state index contributed by atoms with van der Waals surface area (Å²) < 4.78 is 17.8. The number of aliphatic hydroxyl groups is 2. The Bertz CT molecular complexity index is 1220. The summed E-state index contributed by atoms with van der Waals surface area (Å²) in [6, 6.07) is 9.27. The normalized spacial score (nSPS) is 46.1. The van der Waals surface area contributed by atoms with Crippen LogP contribution in [0, 0.1) is 34.5 Å². The van der Waals surface area contributed by atoms with Gasteiger partial charge in [-0.3, -0.25) is 9.59 Å². The van der Waals surface area contributed by atoms with Crippen LogP contribution in [-0.4, -0.2) is 58.6 Å². The summed E-state index contributed by atoms with van der Waals surface area (Å²) in [7, 11) is 0. The predicted molar refractivity (Wildman–Crippen MR) is 130 cm³/mol. The molecular formula is C29H32O8. The number of ether oxygens (including phenoxy) is 3. The Kier molecular flexibility index (Phi) is 5.36. The maximum atomic E-state index is 13.5. The zero-order chi connectivity index (χ0) is 26.3. The number of esters is 2. The average Bonchev–Trinajstić information content (AvgIpc) is 3.16. The minimum absolute atomic E-state index is 0.0893. The van der Waals surface area contributed by atoms with Gasteiger partial charge in [0.2, 0.25) is 0 Å². The van der Waals surface area contributed by atoms with Crippen LogP contribution in [0.2, 0.25) is 0 Å². The SMILES string of the molecule is CC1=CC(=O)[C@@H](OC(=O)/C=C/c2ccccc2)[C@]2(C)[C@H]3[C@@]4(O)OC[C@@]35[C@@H](C[C@@H]12)OC(=O)C[C@H]5[C@@H](C)[C@H]4O. The van der Waals surface area contributed by atoms with E-state index in [0.29, 0.717) is 6.42 Å². The molecule has 8 nitrogen and oxygen atoms in total. The van der Waals surface area contributed by atoms with Gasteiger partial charge in [-0.25, -0.2) is 4.79 Å². The Balaban J connectivity index is 1.45. The second kappa shape index (κ2) is 8.09. The zero-order valence-corrected chi connectivity index (χ0v) is 21.1. The van der Waals surface area contributed by atoms with Gasteiger partial charge in [-0.05, 0) is 48.8 Å². The van der Waals surface area contributed by atoms with E-state index >= 15 is 0 Å². The molecule has 3 aliphatic carbocycles. The van der Waals surface area contributed by atoms with E-state index in [4.69, 9.17) is 14.2 Å². The molecule has 4 fully saturated rings. The van der Waals surface area contributed by atoms with E-state index in [1.54, 1.807) is 6.08 Å². The lowest BCUT2D eigenvalue weighted by atomic mass is 9.38. The number of carbonyl (C=O) groups excluding carboxylic acids is 3. The molecule has 1 spiro atoms. The lowest BCUT2D eigenvalue weighted by Crippen LogP contribution is -2.76. The molecule has 0 unspecified atom stereocenters. The maximum Gasteiger partial charge on any atom is 0.331 e. The summed E-state index contributed by atoms with van der Waals surface area (Å²) in [4.78, 5) is 39.1. The molecular weight excluding hydrogens is 476 g/mol. The molecule has 1 aromatic rings. The average molecular weight is 509 g/mol. The Hall–Kier alpha value is -2.81. The van der Waals surface area contributed by atoms with Crippen LogP contribution in [0.1, 0.15) is 39.2 Å². The summed E-state index contributed by atoms with van der Waals surface area (Å²) in [6.45, 7) is 5.60. The van der Waals surface area contributed by atoms with Gasteiger partial charge in [-0.15, -0.1) is 0 Å². The molecule has 37 heavy (non-hydrogen) atoms. The standard InChI is InChI=1S/C29H32O8/c1-15-11-20(30)25(37-22(31)10-9-17-7-5-4-6-8-17)27(3)18(15)12-21-28-14-35-29(34,26(27)28)24(33)16(2)19(28)13-23(32)36-21/h4-11,16,18-19,21,24-26,33-34H,12-14H2,1-3H3/b10-9+/t16-,18+,19+,21-,24-,25-,26-,27-,28-,29+/m1/s1. The number of fused-ring (bicyclic) bond motifs is 1. The number of benzene rings is 1. The van der Waals surface area contributed by atoms with E-state index in [1.165, 1.54) is 12.2 Å². The van der Waals surface area contributed by atoms with Gasteiger partial charge >= 0.3 is 11.9 Å². The first-order valence-corrected chi connectivity index (χ1v) is 12.9. The molecule has 10 atom stereocenters. The van der Waals surface area contributed by atoms with Crippen molar-refractivity contribution in [2.24, 2.45) is 34.5 Å². The van der Waals surface area contributed by atoms with Gasteiger partial charge in [0, 0.05) is 29.2 Å². The molecule has 6 rings (SSSR count). The highest BCUT2D eigenvalue weighted by Crippen LogP contribution is 2.73. The summed E-state index contributed by atoms with van der Waals surface area (Å²) in [5.74, 6) is -5.23. The van der Waals surface area contributed by atoms with Crippen molar-refractivity contribution in [3.8, 4) is 0 Å². The Labute approximate surface area is 215 Å².